The molecule has 0 amide bonds. The molecule has 1 heterocycles. The molecule has 0 spiro atoms. The zero-order valence-electron chi connectivity index (χ0n) is 16.7. The highest BCUT2D eigenvalue weighted by Crippen LogP contribution is 2.57. The van der Waals surface area contributed by atoms with Crippen molar-refractivity contribution in [1.82, 2.24) is 9.78 Å². The average molecular weight is 420 g/mol. The standard InChI is InChI=1S/C22H23F3N2O3/c1-13-7-16(14-9-26-27(10-14)20(2,11-28)12-29)19-15-5-3-4-6-17(15)21(30,18(19)8-13)22(23,24)25/h4,6-10,28-30H,3,5,11-12H2,1-2H3. The van der Waals surface area contributed by atoms with Crippen LogP contribution in [0.1, 0.15) is 36.5 Å². The van der Waals surface area contributed by atoms with Crippen molar-refractivity contribution in [2.24, 2.45) is 0 Å². The Morgan fingerprint density at radius 2 is 1.90 bits per heavy atom. The summed E-state index contributed by atoms with van der Waals surface area (Å²) in [6.45, 7) is 2.60. The molecule has 1 aromatic heterocycles. The lowest BCUT2D eigenvalue weighted by molar-refractivity contribution is -0.247. The zero-order valence-corrected chi connectivity index (χ0v) is 16.7. The summed E-state index contributed by atoms with van der Waals surface area (Å²) in [5.74, 6) is 0. The summed E-state index contributed by atoms with van der Waals surface area (Å²) in [6, 6.07) is 3.18. The molecule has 2 aliphatic carbocycles. The minimum atomic E-state index is -4.87. The van der Waals surface area contributed by atoms with E-state index in [1.54, 1.807) is 32.2 Å². The molecule has 3 N–H and O–H groups in total. The molecule has 1 aromatic carbocycles. The number of hydrogen-bond donors (Lipinski definition) is 3. The number of benzene rings is 1. The van der Waals surface area contributed by atoms with Crippen LogP contribution in [0, 0.1) is 6.92 Å². The number of allylic oxidation sites excluding steroid dienone is 2. The fourth-order valence-corrected chi connectivity index (χ4v) is 4.29. The Balaban J connectivity index is 1.98. The van der Waals surface area contributed by atoms with Crippen molar-refractivity contribution >= 4 is 5.57 Å². The number of nitrogens with zero attached hydrogens (tertiary/aromatic N) is 2. The first-order chi connectivity index (χ1) is 14.1. The summed E-state index contributed by atoms with van der Waals surface area (Å²) in [5, 5.41) is 34.5. The van der Waals surface area contributed by atoms with Gasteiger partial charge in [-0.05, 0) is 43.4 Å². The second kappa shape index (κ2) is 6.80. The normalized spacial score (nSPS) is 21.2. The molecular formula is C22H23F3N2O3. The van der Waals surface area contributed by atoms with Crippen molar-refractivity contribution < 1.29 is 28.5 Å². The van der Waals surface area contributed by atoms with E-state index >= 15 is 0 Å². The summed E-state index contributed by atoms with van der Waals surface area (Å²) in [5.41, 5.74) is -1.85. The van der Waals surface area contributed by atoms with Gasteiger partial charge in [-0.15, -0.1) is 0 Å². The highest BCUT2D eigenvalue weighted by molar-refractivity contribution is 5.92. The van der Waals surface area contributed by atoms with E-state index in [4.69, 9.17) is 0 Å². The third-order valence-electron chi connectivity index (χ3n) is 6.07. The lowest BCUT2D eigenvalue weighted by atomic mass is 9.86. The summed E-state index contributed by atoms with van der Waals surface area (Å²) < 4.78 is 43.8. The van der Waals surface area contributed by atoms with E-state index in [1.807, 2.05) is 0 Å². The number of aliphatic hydroxyl groups is 3. The van der Waals surface area contributed by atoms with Crippen molar-refractivity contribution in [2.45, 2.75) is 44.0 Å². The van der Waals surface area contributed by atoms with Gasteiger partial charge in [-0.25, -0.2) is 0 Å². The van der Waals surface area contributed by atoms with Crippen molar-refractivity contribution in [3.05, 3.63) is 58.9 Å². The summed E-state index contributed by atoms with van der Waals surface area (Å²) in [6.07, 6.45) is 2.25. The van der Waals surface area contributed by atoms with Gasteiger partial charge in [0.05, 0.1) is 19.4 Å². The highest BCUT2D eigenvalue weighted by atomic mass is 19.4. The summed E-state index contributed by atoms with van der Waals surface area (Å²) in [4.78, 5) is 0. The number of rotatable bonds is 4. The average Bonchev–Trinajstić information content (AvgIpc) is 3.30. The third-order valence-corrected chi connectivity index (χ3v) is 6.07. The smallest absolute Gasteiger partial charge is 0.394 e. The molecule has 0 fully saturated rings. The molecule has 1 unspecified atom stereocenters. The van der Waals surface area contributed by atoms with Gasteiger partial charge in [-0.3, -0.25) is 4.68 Å². The van der Waals surface area contributed by atoms with Crippen LogP contribution >= 0.6 is 0 Å². The molecule has 8 heteroatoms. The maximum absolute atomic E-state index is 14.1. The molecule has 30 heavy (non-hydrogen) atoms. The number of hydrogen-bond acceptors (Lipinski definition) is 4. The fourth-order valence-electron chi connectivity index (χ4n) is 4.29. The van der Waals surface area contributed by atoms with E-state index in [9.17, 15) is 28.5 Å². The van der Waals surface area contributed by atoms with Gasteiger partial charge >= 0.3 is 6.18 Å². The van der Waals surface area contributed by atoms with Gasteiger partial charge in [0, 0.05) is 22.9 Å². The van der Waals surface area contributed by atoms with E-state index < -0.39 is 17.3 Å². The first kappa shape index (κ1) is 20.8. The molecule has 1 atom stereocenters. The number of alkyl halides is 3. The topological polar surface area (TPSA) is 78.5 Å². The fraction of sp³-hybridized carbons (Fsp3) is 0.409. The molecule has 0 bridgehead atoms. The lowest BCUT2D eigenvalue weighted by Crippen LogP contribution is -2.42. The van der Waals surface area contributed by atoms with Crippen LogP contribution in [0.15, 0.2) is 42.3 Å². The predicted molar refractivity (Wildman–Crippen MR) is 105 cm³/mol. The van der Waals surface area contributed by atoms with Gasteiger partial charge in [-0.2, -0.15) is 18.3 Å². The molecular weight excluding hydrogens is 397 g/mol. The van der Waals surface area contributed by atoms with Crippen molar-refractivity contribution in [3.8, 4) is 11.1 Å². The lowest BCUT2D eigenvalue weighted by Gasteiger charge is -2.30. The molecule has 5 nitrogen and oxygen atoms in total. The van der Waals surface area contributed by atoms with Crippen LogP contribution in [0.2, 0.25) is 0 Å². The molecule has 0 aliphatic heterocycles. The third kappa shape index (κ3) is 2.78. The van der Waals surface area contributed by atoms with E-state index in [1.165, 1.54) is 23.0 Å². The maximum Gasteiger partial charge on any atom is 0.425 e. The molecule has 0 saturated carbocycles. The molecule has 2 aromatic rings. The van der Waals surface area contributed by atoms with Crippen LogP contribution in [-0.4, -0.2) is 44.5 Å². The van der Waals surface area contributed by atoms with Gasteiger partial charge in [0.1, 0.15) is 5.54 Å². The minimum absolute atomic E-state index is 0.119. The van der Waals surface area contributed by atoms with Gasteiger partial charge < -0.3 is 15.3 Å². The first-order valence-corrected chi connectivity index (χ1v) is 9.69. The second-order valence-corrected chi connectivity index (χ2v) is 8.26. The van der Waals surface area contributed by atoms with E-state index in [0.29, 0.717) is 40.7 Å². The van der Waals surface area contributed by atoms with Crippen LogP contribution in [0.25, 0.3) is 16.7 Å². The van der Waals surface area contributed by atoms with Crippen molar-refractivity contribution in [3.63, 3.8) is 0 Å². The second-order valence-electron chi connectivity index (χ2n) is 8.26. The van der Waals surface area contributed by atoms with Gasteiger partial charge in [0.25, 0.3) is 0 Å². The molecule has 2 aliphatic rings. The Morgan fingerprint density at radius 3 is 2.53 bits per heavy atom. The zero-order chi connectivity index (χ0) is 21.9. The number of aromatic nitrogens is 2. The number of aryl methyl sites for hydroxylation is 1. The Labute approximate surface area is 171 Å². The molecule has 4 rings (SSSR count). The predicted octanol–water partition coefficient (Wildman–Crippen LogP) is 3.43. The Kier molecular flexibility index (Phi) is 4.72. The number of aliphatic hydroxyl groups excluding tert-OH is 2. The van der Waals surface area contributed by atoms with Crippen LogP contribution in [-0.2, 0) is 11.1 Å². The summed E-state index contributed by atoms with van der Waals surface area (Å²) >= 11 is 0. The van der Waals surface area contributed by atoms with Crippen molar-refractivity contribution in [1.29, 1.82) is 0 Å². The Hall–Kier alpha value is -2.42. The van der Waals surface area contributed by atoms with Gasteiger partial charge in [-0.1, -0.05) is 29.8 Å². The van der Waals surface area contributed by atoms with E-state index in [-0.39, 0.29) is 24.4 Å². The molecule has 0 saturated heterocycles. The maximum atomic E-state index is 14.1. The van der Waals surface area contributed by atoms with Gasteiger partial charge in [0.15, 0.2) is 0 Å². The first-order valence-electron chi connectivity index (χ1n) is 9.69. The number of fused-ring (bicyclic) bond motifs is 2. The van der Waals surface area contributed by atoms with Crippen LogP contribution in [0.4, 0.5) is 13.2 Å². The summed E-state index contributed by atoms with van der Waals surface area (Å²) in [7, 11) is 0. The molecule has 0 radical (unpaired) electrons. The van der Waals surface area contributed by atoms with E-state index in [2.05, 4.69) is 5.10 Å². The highest BCUT2D eigenvalue weighted by Gasteiger charge is 2.61. The van der Waals surface area contributed by atoms with Gasteiger partial charge in [0.2, 0.25) is 5.60 Å². The SMILES string of the molecule is Cc1cc(-c2cnn(C(C)(CO)CO)c2)c2c(c1)C(O)(C(F)(F)F)C1=C2CCC=C1. The van der Waals surface area contributed by atoms with Crippen LogP contribution < -0.4 is 0 Å². The Morgan fingerprint density at radius 1 is 1.20 bits per heavy atom. The van der Waals surface area contributed by atoms with E-state index in [0.717, 1.165) is 0 Å². The van der Waals surface area contributed by atoms with Crippen molar-refractivity contribution in [2.75, 3.05) is 13.2 Å². The van der Waals surface area contributed by atoms with Crippen LogP contribution in [0.5, 0.6) is 0 Å². The minimum Gasteiger partial charge on any atom is -0.394 e. The largest absolute Gasteiger partial charge is 0.425 e. The molecule has 160 valence electrons. The quantitative estimate of drug-likeness (QED) is 0.708. The Bertz CT molecular complexity index is 1060. The van der Waals surface area contributed by atoms with Crippen LogP contribution in [0.3, 0.4) is 0 Å². The number of halogens is 3. The monoisotopic (exact) mass is 420 g/mol.